The maximum Gasteiger partial charge on any atom is 0.360 e. The van der Waals surface area contributed by atoms with E-state index in [1.165, 1.54) is 24.6 Å². The molecule has 116 valence electrons. The minimum absolute atomic E-state index is 0.0525. The van der Waals surface area contributed by atoms with Gasteiger partial charge in [-0.1, -0.05) is 5.21 Å². The van der Waals surface area contributed by atoms with Crippen molar-refractivity contribution in [2.75, 3.05) is 26.9 Å². The quantitative estimate of drug-likeness (QED) is 0.532. The third-order valence-electron chi connectivity index (χ3n) is 3.27. The van der Waals surface area contributed by atoms with Crippen molar-refractivity contribution in [3.05, 3.63) is 11.4 Å². The van der Waals surface area contributed by atoms with Crippen LogP contribution < -0.4 is 5.32 Å². The summed E-state index contributed by atoms with van der Waals surface area (Å²) in [6.07, 6.45) is 2.36. The molecule has 0 spiro atoms. The zero-order valence-electron chi connectivity index (χ0n) is 12.3. The van der Waals surface area contributed by atoms with Crippen LogP contribution in [0.4, 0.5) is 0 Å². The van der Waals surface area contributed by atoms with E-state index in [0.717, 1.165) is 0 Å². The smallest absolute Gasteiger partial charge is 0.360 e. The van der Waals surface area contributed by atoms with Gasteiger partial charge in [0.2, 0.25) is 5.91 Å². The summed E-state index contributed by atoms with van der Waals surface area (Å²) in [6, 6.07) is 0. The van der Waals surface area contributed by atoms with E-state index >= 15 is 0 Å². The van der Waals surface area contributed by atoms with Gasteiger partial charge in [0.1, 0.15) is 13.2 Å². The van der Waals surface area contributed by atoms with E-state index in [2.05, 4.69) is 15.6 Å². The summed E-state index contributed by atoms with van der Waals surface area (Å²) in [4.78, 5) is 23.5. The minimum atomic E-state index is -0.561. The number of esters is 1. The summed E-state index contributed by atoms with van der Waals surface area (Å²) in [5.41, 5.74) is 0.639. The van der Waals surface area contributed by atoms with Crippen LogP contribution in [0, 0.1) is 12.8 Å². The maximum atomic E-state index is 11.8. The van der Waals surface area contributed by atoms with E-state index in [1.54, 1.807) is 6.92 Å². The Morgan fingerprint density at radius 2 is 2.14 bits per heavy atom. The average molecular weight is 296 g/mol. The number of hydrogen-bond acceptors (Lipinski definition) is 6. The van der Waals surface area contributed by atoms with Crippen molar-refractivity contribution in [3.63, 3.8) is 0 Å². The van der Waals surface area contributed by atoms with Crippen LogP contribution in [0.1, 0.15) is 29.0 Å². The number of ether oxygens (including phenoxy) is 2. The molecule has 8 heteroatoms. The highest BCUT2D eigenvalue weighted by Gasteiger charge is 2.22. The number of methoxy groups -OCH3 is 1. The van der Waals surface area contributed by atoms with Gasteiger partial charge in [-0.25, -0.2) is 9.48 Å². The molecule has 0 aromatic carbocycles. The van der Waals surface area contributed by atoms with E-state index < -0.39 is 5.97 Å². The maximum absolute atomic E-state index is 11.8. The molecule has 1 fully saturated rings. The summed E-state index contributed by atoms with van der Waals surface area (Å²) in [5, 5.41) is 10.4. The number of carbonyl (C=O) groups excluding carboxylic acids is 2. The number of aromatic nitrogens is 3. The first kappa shape index (κ1) is 15.4. The third-order valence-corrected chi connectivity index (χ3v) is 3.27. The van der Waals surface area contributed by atoms with Crippen LogP contribution in [-0.2, 0) is 20.8 Å². The predicted molar refractivity (Wildman–Crippen MR) is 72.7 cm³/mol. The fourth-order valence-corrected chi connectivity index (χ4v) is 1.76. The van der Waals surface area contributed by atoms with Crippen molar-refractivity contribution in [1.29, 1.82) is 0 Å². The molecule has 0 atom stereocenters. The summed E-state index contributed by atoms with van der Waals surface area (Å²) in [6.45, 7) is 2.92. The first-order valence-electron chi connectivity index (χ1n) is 6.94. The van der Waals surface area contributed by atoms with Gasteiger partial charge in [0.05, 0.1) is 12.3 Å². The molecule has 0 radical (unpaired) electrons. The van der Waals surface area contributed by atoms with E-state index in [1.807, 2.05) is 0 Å². The Morgan fingerprint density at radius 1 is 1.38 bits per heavy atom. The van der Waals surface area contributed by atoms with Gasteiger partial charge in [0, 0.05) is 13.7 Å². The van der Waals surface area contributed by atoms with E-state index in [-0.39, 0.29) is 24.8 Å². The van der Waals surface area contributed by atoms with Crippen molar-refractivity contribution in [2.45, 2.75) is 26.3 Å². The van der Waals surface area contributed by atoms with Gasteiger partial charge >= 0.3 is 5.97 Å². The fraction of sp³-hybridized carbons (Fsp3) is 0.692. The Labute approximate surface area is 122 Å². The Balaban J connectivity index is 1.86. The van der Waals surface area contributed by atoms with E-state index in [0.29, 0.717) is 24.8 Å². The van der Waals surface area contributed by atoms with Gasteiger partial charge in [-0.2, -0.15) is 0 Å². The van der Waals surface area contributed by atoms with Crippen molar-refractivity contribution >= 4 is 11.9 Å². The number of nitrogens with one attached hydrogen (secondary N) is 1. The number of hydrogen-bond donors (Lipinski definition) is 1. The normalized spacial score (nSPS) is 14.0. The van der Waals surface area contributed by atoms with Gasteiger partial charge in [0.25, 0.3) is 0 Å². The van der Waals surface area contributed by atoms with Gasteiger partial charge < -0.3 is 14.8 Å². The van der Waals surface area contributed by atoms with Crippen LogP contribution in [0.5, 0.6) is 0 Å². The Kier molecular flexibility index (Phi) is 5.26. The standard InChI is InChI=1S/C13H20N4O4/c1-9-12(13(19)21-6-5-20-2)15-16-17(9)8-11(18)14-7-10-3-4-10/h10H,3-8H2,1-2H3,(H,14,18). The zero-order valence-corrected chi connectivity index (χ0v) is 12.3. The lowest BCUT2D eigenvalue weighted by molar-refractivity contribution is -0.121. The molecule has 1 aromatic rings. The van der Waals surface area contributed by atoms with Crippen molar-refractivity contribution in [2.24, 2.45) is 5.92 Å². The molecule has 0 bridgehead atoms. The second kappa shape index (κ2) is 7.16. The topological polar surface area (TPSA) is 95.3 Å². The molecule has 1 aromatic heterocycles. The minimum Gasteiger partial charge on any atom is -0.458 e. The van der Waals surface area contributed by atoms with Gasteiger partial charge in [-0.3, -0.25) is 4.79 Å². The molecule has 1 saturated carbocycles. The number of nitrogens with zero attached hydrogens (tertiary/aromatic N) is 3. The fourth-order valence-electron chi connectivity index (χ4n) is 1.76. The molecule has 2 rings (SSSR count). The highest BCUT2D eigenvalue weighted by Crippen LogP contribution is 2.27. The summed E-state index contributed by atoms with van der Waals surface area (Å²) in [7, 11) is 1.52. The lowest BCUT2D eigenvalue weighted by Crippen LogP contribution is -2.30. The molecule has 21 heavy (non-hydrogen) atoms. The predicted octanol–water partition coefficient (Wildman–Crippen LogP) is -0.0841. The first-order valence-corrected chi connectivity index (χ1v) is 6.94. The number of rotatable bonds is 8. The second-order valence-corrected chi connectivity index (χ2v) is 5.06. The molecule has 8 nitrogen and oxygen atoms in total. The van der Waals surface area contributed by atoms with Crippen molar-refractivity contribution < 1.29 is 19.1 Å². The summed E-state index contributed by atoms with van der Waals surface area (Å²) < 4.78 is 11.2. The highest BCUT2D eigenvalue weighted by molar-refractivity contribution is 5.88. The molecule has 1 heterocycles. The zero-order chi connectivity index (χ0) is 15.2. The molecule has 1 N–H and O–H groups in total. The van der Waals surface area contributed by atoms with Gasteiger partial charge in [0.15, 0.2) is 5.69 Å². The van der Waals surface area contributed by atoms with Gasteiger partial charge in [-0.15, -0.1) is 5.10 Å². The van der Waals surface area contributed by atoms with Crippen molar-refractivity contribution in [3.8, 4) is 0 Å². The largest absolute Gasteiger partial charge is 0.458 e. The highest BCUT2D eigenvalue weighted by atomic mass is 16.6. The molecule has 0 saturated heterocycles. The van der Waals surface area contributed by atoms with Crippen LogP contribution in [0.3, 0.4) is 0 Å². The Bertz CT molecular complexity index is 510. The molecule has 1 aliphatic carbocycles. The van der Waals surface area contributed by atoms with Crippen molar-refractivity contribution in [1.82, 2.24) is 20.3 Å². The van der Waals surface area contributed by atoms with E-state index in [4.69, 9.17) is 9.47 Å². The van der Waals surface area contributed by atoms with Crippen LogP contribution in [0.2, 0.25) is 0 Å². The lowest BCUT2D eigenvalue weighted by Gasteiger charge is -2.05. The molecule has 0 aliphatic heterocycles. The molecular weight excluding hydrogens is 276 g/mol. The number of amides is 1. The monoisotopic (exact) mass is 296 g/mol. The van der Waals surface area contributed by atoms with Gasteiger partial charge in [-0.05, 0) is 25.7 Å². The van der Waals surface area contributed by atoms with Crippen LogP contribution in [-0.4, -0.2) is 53.7 Å². The third kappa shape index (κ3) is 4.52. The van der Waals surface area contributed by atoms with Crippen LogP contribution in [0.25, 0.3) is 0 Å². The Morgan fingerprint density at radius 3 is 2.81 bits per heavy atom. The van der Waals surface area contributed by atoms with Crippen LogP contribution >= 0.6 is 0 Å². The molecule has 1 amide bonds. The summed E-state index contributed by atoms with van der Waals surface area (Å²) in [5.74, 6) is -0.0690. The second-order valence-electron chi connectivity index (χ2n) is 5.06. The lowest BCUT2D eigenvalue weighted by atomic mass is 10.3. The molecular formula is C13H20N4O4. The summed E-state index contributed by atoms with van der Waals surface area (Å²) >= 11 is 0. The molecule has 1 aliphatic rings. The first-order chi connectivity index (χ1) is 10.1. The van der Waals surface area contributed by atoms with E-state index in [9.17, 15) is 9.59 Å². The molecule has 0 unspecified atom stereocenters. The Hall–Kier alpha value is -1.96. The average Bonchev–Trinajstić information content (AvgIpc) is 3.22. The number of carbonyl (C=O) groups is 2. The van der Waals surface area contributed by atoms with Crippen LogP contribution in [0.15, 0.2) is 0 Å². The SMILES string of the molecule is COCCOC(=O)c1nnn(CC(=O)NCC2CC2)c1C.